The Labute approximate surface area is 276 Å². The summed E-state index contributed by atoms with van der Waals surface area (Å²) in [6.07, 6.45) is 1.15. The van der Waals surface area contributed by atoms with Crippen molar-refractivity contribution in [3.63, 3.8) is 0 Å². The molecule has 8 N–H and O–H groups in total. The molecular formula is C28H20N10O12. The van der Waals surface area contributed by atoms with Crippen LogP contribution in [-0.2, 0) is 38.4 Å². The summed E-state index contributed by atoms with van der Waals surface area (Å²) in [4.78, 5) is 159. The number of carbonyl (C=O) groups is 12. The van der Waals surface area contributed by atoms with Gasteiger partial charge in [0.25, 0.3) is 0 Å². The predicted molar refractivity (Wildman–Crippen MR) is 154 cm³/mol. The van der Waals surface area contributed by atoms with E-state index in [1.807, 2.05) is 42.5 Å². The van der Waals surface area contributed by atoms with Gasteiger partial charge in [-0.1, -0.05) is 6.07 Å². The molecule has 4 fully saturated rings. The van der Waals surface area contributed by atoms with Gasteiger partial charge in [0.15, 0.2) is 0 Å². The number of aromatic nitrogens is 2. The largest absolute Gasteiger partial charge is 0.328 e. The van der Waals surface area contributed by atoms with E-state index < -0.39 is 107 Å². The normalized spacial score (nSPS) is 19.8. The number of imide groups is 8. The number of amides is 16. The van der Waals surface area contributed by atoms with Crippen molar-refractivity contribution in [2.24, 2.45) is 23.7 Å². The van der Waals surface area contributed by atoms with Gasteiger partial charge >= 0.3 is 24.1 Å². The van der Waals surface area contributed by atoms with Gasteiger partial charge in [-0.2, -0.15) is 0 Å². The van der Waals surface area contributed by atoms with E-state index in [-0.39, 0.29) is 22.6 Å². The summed E-state index contributed by atoms with van der Waals surface area (Å²) >= 11 is 0. The zero-order valence-corrected chi connectivity index (χ0v) is 24.7. The SMILES string of the molecule is O=C1NC(=O)C(C(c2ccnc(-c3cccc(C(C4C(=O)NC(=O)NC4=O)C4C(=O)NC(=O)NC4=O)n3)c2)C2C(=O)NC(=O)NC2=O)C(=O)N1. The number of barbiturate groups is 4. The molecule has 254 valence electrons. The molecule has 0 saturated carbocycles. The second kappa shape index (κ2) is 12.4. The summed E-state index contributed by atoms with van der Waals surface area (Å²) in [7, 11) is 0. The highest BCUT2D eigenvalue weighted by Crippen LogP contribution is 2.38. The van der Waals surface area contributed by atoms with E-state index in [1.54, 1.807) is 0 Å². The maximum Gasteiger partial charge on any atom is 0.328 e. The van der Waals surface area contributed by atoms with E-state index in [9.17, 15) is 57.5 Å². The average Bonchev–Trinajstić information content (AvgIpc) is 3.01. The van der Waals surface area contributed by atoms with Crippen molar-refractivity contribution in [1.29, 1.82) is 0 Å². The van der Waals surface area contributed by atoms with Crippen molar-refractivity contribution in [2.75, 3.05) is 0 Å². The molecule has 4 aliphatic heterocycles. The number of urea groups is 4. The Morgan fingerprint density at radius 2 is 0.800 bits per heavy atom. The number of hydrogen-bond donors (Lipinski definition) is 8. The second-order valence-corrected chi connectivity index (χ2v) is 11.1. The van der Waals surface area contributed by atoms with Crippen LogP contribution < -0.4 is 42.5 Å². The molecular weight excluding hydrogens is 668 g/mol. The minimum atomic E-state index is -1.90. The number of nitrogens with one attached hydrogen (secondary N) is 8. The lowest BCUT2D eigenvalue weighted by molar-refractivity contribution is -0.145. The lowest BCUT2D eigenvalue weighted by Gasteiger charge is -2.34. The molecule has 22 nitrogen and oxygen atoms in total. The maximum atomic E-state index is 12.9. The molecule has 2 aromatic heterocycles. The number of nitrogens with zero attached hydrogens (tertiary/aromatic N) is 2. The molecule has 4 saturated heterocycles. The van der Waals surface area contributed by atoms with Gasteiger partial charge in [-0.3, -0.25) is 90.9 Å². The van der Waals surface area contributed by atoms with Crippen LogP contribution >= 0.6 is 0 Å². The topological polar surface area (TPSA) is 327 Å². The number of hydrogen-bond acceptors (Lipinski definition) is 14. The fourth-order valence-electron chi connectivity index (χ4n) is 6.11. The van der Waals surface area contributed by atoms with Gasteiger partial charge in [-0.25, -0.2) is 19.2 Å². The molecule has 16 amide bonds. The Kier molecular flexibility index (Phi) is 8.10. The monoisotopic (exact) mass is 688 g/mol. The third kappa shape index (κ3) is 5.86. The summed E-state index contributed by atoms with van der Waals surface area (Å²) < 4.78 is 0. The van der Waals surface area contributed by atoms with Crippen molar-refractivity contribution >= 4 is 71.4 Å². The molecule has 6 heterocycles. The fraction of sp³-hybridized carbons (Fsp3) is 0.214. The van der Waals surface area contributed by atoms with Crippen LogP contribution in [0.4, 0.5) is 19.2 Å². The lowest BCUT2D eigenvalue weighted by Crippen LogP contribution is -2.62. The van der Waals surface area contributed by atoms with E-state index in [2.05, 4.69) is 9.97 Å². The van der Waals surface area contributed by atoms with Crippen molar-refractivity contribution in [3.8, 4) is 11.4 Å². The quantitative estimate of drug-likeness (QED) is 0.130. The lowest BCUT2D eigenvalue weighted by atomic mass is 9.74. The highest BCUT2D eigenvalue weighted by Gasteiger charge is 2.53. The minimum absolute atomic E-state index is 0.0536. The van der Waals surface area contributed by atoms with E-state index in [1.165, 1.54) is 30.3 Å². The van der Waals surface area contributed by atoms with Crippen molar-refractivity contribution in [2.45, 2.75) is 11.8 Å². The molecule has 0 bridgehead atoms. The van der Waals surface area contributed by atoms with Crippen LogP contribution in [0.5, 0.6) is 0 Å². The van der Waals surface area contributed by atoms with E-state index in [0.717, 1.165) is 6.20 Å². The summed E-state index contributed by atoms with van der Waals surface area (Å²) in [6, 6.07) is 1.79. The van der Waals surface area contributed by atoms with Crippen molar-refractivity contribution < 1.29 is 57.5 Å². The van der Waals surface area contributed by atoms with Crippen LogP contribution in [-0.4, -0.2) is 81.3 Å². The van der Waals surface area contributed by atoms with Gasteiger partial charge in [-0.15, -0.1) is 0 Å². The van der Waals surface area contributed by atoms with E-state index >= 15 is 0 Å². The molecule has 2 aromatic rings. The molecule has 4 aliphatic rings. The zero-order valence-electron chi connectivity index (χ0n) is 24.7. The first-order chi connectivity index (χ1) is 23.7. The molecule has 0 aliphatic carbocycles. The molecule has 0 radical (unpaired) electrons. The van der Waals surface area contributed by atoms with Gasteiger partial charge in [-0.05, 0) is 29.8 Å². The average molecular weight is 689 g/mol. The van der Waals surface area contributed by atoms with E-state index in [4.69, 9.17) is 0 Å². The first-order valence-electron chi connectivity index (χ1n) is 14.3. The highest BCUT2D eigenvalue weighted by atomic mass is 16.2. The van der Waals surface area contributed by atoms with Crippen LogP contribution in [0.3, 0.4) is 0 Å². The summed E-state index contributed by atoms with van der Waals surface area (Å²) in [6.45, 7) is 0. The third-order valence-electron chi connectivity index (χ3n) is 8.13. The maximum absolute atomic E-state index is 12.9. The summed E-state index contributed by atoms with van der Waals surface area (Å²) in [5.41, 5.74) is -0.445. The summed E-state index contributed by atoms with van der Waals surface area (Å²) in [5.74, 6) is -20.2. The number of pyridine rings is 2. The van der Waals surface area contributed by atoms with Crippen LogP contribution in [0.1, 0.15) is 23.1 Å². The van der Waals surface area contributed by atoms with Crippen LogP contribution in [0.2, 0.25) is 0 Å². The van der Waals surface area contributed by atoms with E-state index in [0.29, 0.717) is 0 Å². The van der Waals surface area contributed by atoms with Gasteiger partial charge in [0.05, 0.1) is 11.4 Å². The molecule has 0 unspecified atom stereocenters. The van der Waals surface area contributed by atoms with Crippen molar-refractivity contribution in [1.82, 2.24) is 52.5 Å². The van der Waals surface area contributed by atoms with Gasteiger partial charge in [0.2, 0.25) is 47.3 Å². The third-order valence-corrected chi connectivity index (χ3v) is 8.13. The molecule has 0 atom stereocenters. The Bertz CT molecular complexity index is 1700. The summed E-state index contributed by atoms with van der Waals surface area (Å²) in [5, 5.41) is 15.1. The first-order valence-corrected chi connectivity index (χ1v) is 14.3. The Morgan fingerprint density at radius 1 is 0.440 bits per heavy atom. The second-order valence-electron chi connectivity index (χ2n) is 11.1. The minimum Gasteiger partial charge on any atom is -0.277 e. The molecule has 6 rings (SSSR count). The molecule has 22 heteroatoms. The Balaban J connectivity index is 1.45. The van der Waals surface area contributed by atoms with Crippen LogP contribution in [0.15, 0.2) is 36.5 Å². The first kappa shape index (κ1) is 32.7. The highest BCUT2D eigenvalue weighted by molar-refractivity contribution is 6.21. The molecule has 0 aromatic carbocycles. The van der Waals surface area contributed by atoms with Crippen molar-refractivity contribution in [3.05, 3.63) is 47.8 Å². The predicted octanol–water partition coefficient (Wildman–Crippen LogP) is -3.76. The zero-order chi connectivity index (χ0) is 36.0. The van der Waals surface area contributed by atoms with Gasteiger partial charge < -0.3 is 0 Å². The molecule has 50 heavy (non-hydrogen) atoms. The Hall–Kier alpha value is -7.26. The standard InChI is InChI=1S/C28H20N10O12/c39-17-13(18(40)32-25(47)31-17)11(14-19(41)33-26(48)34-20(14)42)7-4-5-29-10(6-7)8-2-1-3-9(30-8)12(15-21(43)35-27(49)36-22(15)44)16-23(45)37-28(50)38-24(16)46/h1-6,11-16H,(H2,31,32,39,40,47)(H2,33,34,41,42,48)(H2,35,36,43,44,49)(H2,37,38,45,46,50). The Morgan fingerprint density at radius 3 is 1.18 bits per heavy atom. The fourth-order valence-corrected chi connectivity index (χ4v) is 6.11. The number of rotatable bonds is 7. The van der Waals surface area contributed by atoms with Gasteiger partial charge in [0, 0.05) is 23.7 Å². The smallest absolute Gasteiger partial charge is 0.277 e. The molecule has 0 spiro atoms. The van der Waals surface area contributed by atoms with Gasteiger partial charge in [0.1, 0.15) is 23.7 Å². The van der Waals surface area contributed by atoms with Crippen LogP contribution in [0, 0.1) is 23.7 Å². The number of carbonyl (C=O) groups excluding carboxylic acids is 12. The van der Waals surface area contributed by atoms with Crippen LogP contribution in [0.25, 0.3) is 11.4 Å².